The summed E-state index contributed by atoms with van der Waals surface area (Å²) in [4.78, 5) is 11.9. The first-order chi connectivity index (χ1) is 10.9. The molecule has 1 atom stereocenters. The van der Waals surface area contributed by atoms with Crippen LogP contribution in [0.5, 0.6) is 0 Å². The van der Waals surface area contributed by atoms with Gasteiger partial charge in [-0.2, -0.15) is 13.2 Å². The molecule has 2 aromatic carbocycles. The molecule has 23 heavy (non-hydrogen) atoms. The fraction of sp³-hybridized carbons (Fsp3) is 0.278. The quantitative estimate of drug-likeness (QED) is 0.862. The van der Waals surface area contributed by atoms with Crippen LogP contribution >= 0.6 is 0 Å². The SMILES string of the molecule is C[C@H](NC(=O)CCc1ccccc1)c1ccc(C(F)(F)F)cc1. The molecule has 2 rings (SSSR count). The van der Waals surface area contributed by atoms with Crippen LogP contribution in [0.1, 0.15) is 36.1 Å². The number of benzene rings is 2. The number of hydrogen-bond acceptors (Lipinski definition) is 1. The van der Waals surface area contributed by atoms with Crippen molar-refractivity contribution in [3.05, 3.63) is 71.3 Å². The molecule has 5 heteroatoms. The molecule has 0 radical (unpaired) electrons. The van der Waals surface area contributed by atoms with E-state index in [2.05, 4.69) is 5.32 Å². The predicted molar refractivity (Wildman–Crippen MR) is 82.8 cm³/mol. The standard InChI is InChI=1S/C18H18F3NO/c1-13(15-8-10-16(11-9-15)18(19,20)21)22-17(23)12-7-14-5-3-2-4-6-14/h2-6,8-11,13H,7,12H2,1H3,(H,22,23)/t13-/m0/s1. The number of hydrogen-bond donors (Lipinski definition) is 1. The summed E-state index contributed by atoms with van der Waals surface area (Å²) in [5, 5.41) is 2.80. The molecule has 0 spiro atoms. The lowest BCUT2D eigenvalue weighted by Gasteiger charge is -2.15. The van der Waals surface area contributed by atoms with Crippen molar-refractivity contribution >= 4 is 5.91 Å². The van der Waals surface area contributed by atoms with Gasteiger partial charge in [0.15, 0.2) is 0 Å². The van der Waals surface area contributed by atoms with Crippen LogP contribution in [0.15, 0.2) is 54.6 Å². The second kappa shape index (κ2) is 7.31. The van der Waals surface area contributed by atoms with Crippen LogP contribution in [0.3, 0.4) is 0 Å². The Morgan fingerprint density at radius 1 is 1.04 bits per heavy atom. The lowest BCUT2D eigenvalue weighted by atomic mass is 10.1. The summed E-state index contributed by atoms with van der Waals surface area (Å²) in [6.45, 7) is 1.75. The van der Waals surface area contributed by atoms with Gasteiger partial charge >= 0.3 is 6.18 Å². The maximum absolute atomic E-state index is 12.5. The summed E-state index contributed by atoms with van der Waals surface area (Å²) in [6.07, 6.45) is -3.37. The van der Waals surface area contributed by atoms with E-state index in [0.717, 1.165) is 17.7 Å². The van der Waals surface area contributed by atoms with E-state index in [0.29, 0.717) is 18.4 Å². The third kappa shape index (κ3) is 5.13. The van der Waals surface area contributed by atoms with Gasteiger partial charge in [-0.3, -0.25) is 4.79 Å². The highest BCUT2D eigenvalue weighted by Crippen LogP contribution is 2.29. The van der Waals surface area contributed by atoms with Crippen LogP contribution in [-0.2, 0) is 17.4 Å². The molecule has 2 aromatic rings. The van der Waals surface area contributed by atoms with E-state index in [-0.39, 0.29) is 11.9 Å². The molecule has 0 aliphatic rings. The van der Waals surface area contributed by atoms with Gasteiger partial charge in [-0.15, -0.1) is 0 Å². The van der Waals surface area contributed by atoms with Crippen LogP contribution in [0, 0.1) is 0 Å². The molecule has 0 saturated carbocycles. The van der Waals surface area contributed by atoms with E-state index in [4.69, 9.17) is 0 Å². The fourth-order valence-corrected chi connectivity index (χ4v) is 2.26. The summed E-state index contributed by atoms with van der Waals surface area (Å²) in [6, 6.07) is 14.2. The Hall–Kier alpha value is -2.30. The molecule has 0 aliphatic heterocycles. The van der Waals surface area contributed by atoms with Crippen molar-refractivity contribution in [3.8, 4) is 0 Å². The van der Waals surface area contributed by atoms with E-state index >= 15 is 0 Å². The maximum atomic E-state index is 12.5. The fourth-order valence-electron chi connectivity index (χ4n) is 2.26. The first kappa shape index (κ1) is 17.1. The van der Waals surface area contributed by atoms with E-state index in [9.17, 15) is 18.0 Å². The zero-order valence-electron chi connectivity index (χ0n) is 12.7. The monoisotopic (exact) mass is 321 g/mol. The van der Waals surface area contributed by atoms with Gasteiger partial charge in [-0.1, -0.05) is 42.5 Å². The number of carbonyl (C=O) groups excluding carboxylic acids is 1. The predicted octanol–water partition coefficient (Wildman–Crippen LogP) is 4.52. The molecule has 0 unspecified atom stereocenters. The average Bonchev–Trinajstić information content (AvgIpc) is 2.53. The number of nitrogens with one attached hydrogen (secondary N) is 1. The summed E-state index contributed by atoms with van der Waals surface area (Å²) >= 11 is 0. The number of rotatable bonds is 5. The van der Waals surface area contributed by atoms with E-state index in [1.807, 2.05) is 30.3 Å². The summed E-state index contributed by atoms with van der Waals surface area (Å²) in [5.41, 5.74) is 1.03. The number of carbonyl (C=O) groups is 1. The Morgan fingerprint density at radius 3 is 2.22 bits per heavy atom. The molecular weight excluding hydrogens is 303 g/mol. The Labute approximate surface area is 133 Å². The summed E-state index contributed by atoms with van der Waals surface area (Å²) in [7, 11) is 0. The largest absolute Gasteiger partial charge is 0.416 e. The molecule has 0 aromatic heterocycles. The molecule has 0 bridgehead atoms. The van der Waals surface area contributed by atoms with E-state index < -0.39 is 11.7 Å². The van der Waals surface area contributed by atoms with Crippen molar-refractivity contribution in [3.63, 3.8) is 0 Å². The molecule has 0 saturated heterocycles. The van der Waals surface area contributed by atoms with Crippen molar-refractivity contribution in [2.45, 2.75) is 32.0 Å². The van der Waals surface area contributed by atoms with Gasteiger partial charge in [-0.25, -0.2) is 0 Å². The molecule has 1 amide bonds. The first-order valence-corrected chi connectivity index (χ1v) is 7.36. The highest BCUT2D eigenvalue weighted by Gasteiger charge is 2.30. The zero-order chi connectivity index (χ0) is 16.9. The highest BCUT2D eigenvalue weighted by molar-refractivity contribution is 5.76. The lowest BCUT2D eigenvalue weighted by molar-refractivity contribution is -0.137. The van der Waals surface area contributed by atoms with Crippen molar-refractivity contribution in [2.75, 3.05) is 0 Å². The van der Waals surface area contributed by atoms with Crippen LogP contribution in [0.25, 0.3) is 0 Å². The molecular formula is C18H18F3NO. The minimum atomic E-state index is -4.35. The average molecular weight is 321 g/mol. The van der Waals surface area contributed by atoms with Gasteiger partial charge in [0.1, 0.15) is 0 Å². The van der Waals surface area contributed by atoms with Crippen molar-refractivity contribution < 1.29 is 18.0 Å². The zero-order valence-corrected chi connectivity index (χ0v) is 12.7. The Kier molecular flexibility index (Phi) is 5.42. The number of halogens is 3. The number of aryl methyl sites for hydroxylation is 1. The van der Waals surface area contributed by atoms with Gasteiger partial charge < -0.3 is 5.32 Å². The van der Waals surface area contributed by atoms with Crippen molar-refractivity contribution in [2.24, 2.45) is 0 Å². The normalized spacial score (nSPS) is 12.7. The van der Waals surface area contributed by atoms with E-state index in [1.54, 1.807) is 6.92 Å². The summed E-state index contributed by atoms with van der Waals surface area (Å²) in [5.74, 6) is -0.124. The minimum absolute atomic E-state index is 0.124. The Bertz CT molecular complexity index is 636. The van der Waals surface area contributed by atoms with Crippen LogP contribution < -0.4 is 5.32 Å². The van der Waals surface area contributed by atoms with Crippen LogP contribution in [0.2, 0.25) is 0 Å². The topological polar surface area (TPSA) is 29.1 Å². The molecule has 0 heterocycles. The number of amides is 1. The molecule has 2 nitrogen and oxygen atoms in total. The van der Waals surface area contributed by atoms with Gasteiger partial charge in [0.25, 0.3) is 0 Å². The third-order valence-corrected chi connectivity index (χ3v) is 3.60. The second-order valence-corrected chi connectivity index (χ2v) is 5.39. The van der Waals surface area contributed by atoms with Crippen LogP contribution in [0.4, 0.5) is 13.2 Å². The van der Waals surface area contributed by atoms with Gasteiger partial charge in [0.05, 0.1) is 11.6 Å². The van der Waals surface area contributed by atoms with Gasteiger partial charge in [0, 0.05) is 6.42 Å². The Balaban J connectivity index is 1.88. The molecule has 0 aliphatic carbocycles. The Morgan fingerprint density at radius 2 is 1.65 bits per heavy atom. The maximum Gasteiger partial charge on any atom is 0.416 e. The minimum Gasteiger partial charge on any atom is -0.350 e. The van der Waals surface area contributed by atoms with Crippen LogP contribution in [-0.4, -0.2) is 5.91 Å². The molecule has 122 valence electrons. The van der Waals surface area contributed by atoms with Crippen molar-refractivity contribution in [1.82, 2.24) is 5.32 Å². The first-order valence-electron chi connectivity index (χ1n) is 7.36. The number of alkyl halides is 3. The van der Waals surface area contributed by atoms with Gasteiger partial charge in [-0.05, 0) is 36.6 Å². The van der Waals surface area contributed by atoms with E-state index in [1.165, 1.54) is 12.1 Å². The smallest absolute Gasteiger partial charge is 0.350 e. The molecule has 0 fully saturated rings. The lowest BCUT2D eigenvalue weighted by Crippen LogP contribution is -2.26. The van der Waals surface area contributed by atoms with Crippen molar-refractivity contribution in [1.29, 1.82) is 0 Å². The highest BCUT2D eigenvalue weighted by atomic mass is 19.4. The third-order valence-electron chi connectivity index (χ3n) is 3.60. The second-order valence-electron chi connectivity index (χ2n) is 5.39. The summed E-state index contributed by atoms with van der Waals surface area (Å²) < 4.78 is 37.6. The van der Waals surface area contributed by atoms with Gasteiger partial charge in [0.2, 0.25) is 5.91 Å². The molecule has 1 N–H and O–H groups in total.